The molecule has 3 rings (SSSR count). The third kappa shape index (κ3) is 3.93. The maximum absolute atomic E-state index is 13.2. The van der Waals surface area contributed by atoms with Gasteiger partial charge in [-0.3, -0.25) is 14.6 Å². The summed E-state index contributed by atoms with van der Waals surface area (Å²) in [5, 5.41) is 0.462. The van der Waals surface area contributed by atoms with E-state index in [2.05, 4.69) is 23.7 Å². The summed E-state index contributed by atoms with van der Waals surface area (Å²) in [7, 11) is 0. The Morgan fingerprint density at radius 3 is 2.66 bits per heavy atom. The molecule has 2 aromatic rings. The number of para-hydroxylation sites is 1. The number of aliphatic imine (C=N–C) groups is 1. The minimum absolute atomic E-state index is 0.0746. The fraction of sp³-hybridized carbons (Fsp3) is 0.417. The summed E-state index contributed by atoms with van der Waals surface area (Å²) in [6.45, 7) is 17.3. The number of allylic oxidation sites excluding steroid dienone is 2. The standard InChI is InChI=1S/C24H26N2O3/c1-13(2)10-11-19(27)21-15(4)26-16(5)23(25-6)22(21)18-9-7-8-17-20(28)12-14(3)29-24(17)18/h7-9,12-13,21-22H,10-11H2,1-5H3. The van der Waals surface area contributed by atoms with Gasteiger partial charge in [-0.1, -0.05) is 26.0 Å². The Morgan fingerprint density at radius 1 is 1.28 bits per heavy atom. The van der Waals surface area contributed by atoms with E-state index in [1.807, 2.05) is 13.0 Å². The first kappa shape index (κ1) is 20.7. The second-order valence-corrected chi connectivity index (χ2v) is 8.14. The average Bonchev–Trinajstić information content (AvgIpc) is 2.65. The molecule has 1 aliphatic heterocycles. The van der Waals surface area contributed by atoms with E-state index in [1.165, 1.54) is 6.07 Å². The maximum atomic E-state index is 13.2. The van der Waals surface area contributed by atoms with Crippen molar-refractivity contribution in [2.24, 2.45) is 16.8 Å². The number of ketones is 1. The van der Waals surface area contributed by atoms with Crippen molar-refractivity contribution in [3.05, 3.63) is 68.6 Å². The molecule has 0 saturated heterocycles. The Bertz CT molecular complexity index is 1130. The number of Topliss-reactive ketones (excluding diaryl/α,β-unsaturated/α-hetero) is 1. The Balaban J connectivity index is 2.24. The van der Waals surface area contributed by atoms with Crippen LogP contribution in [0.15, 0.2) is 49.9 Å². The van der Waals surface area contributed by atoms with Crippen molar-refractivity contribution in [3.8, 4) is 0 Å². The number of nitrogens with zero attached hydrogens (tertiary/aromatic N) is 2. The minimum atomic E-state index is -0.530. The van der Waals surface area contributed by atoms with Crippen LogP contribution >= 0.6 is 0 Å². The van der Waals surface area contributed by atoms with E-state index in [4.69, 9.17) is 11.0 Å². The lowest BCUT2D eigenvalue weighted by Crippen LogP contribution is -2.32. The summed E-state index contributed by atoms with van der Waals surface area (Å²) >= 11 is 0. The summed E-state index contributed by atoms with van der Waals surface area (Å²) < 4.78 is 5.94. The monoisotopic (exact) mass is 390 g/mol. The van der Waals surface area contributed by atoms with Gasteiger partial charge < -0.3 is 4.42 Å². The SMILES string of the molecule is [C-]#[N+]C1=C(C)N=C(C)C(C(=O)CCC(C)C)C1c1cccc2c(=O)cc(C)oc12. The van der Waals surface area contributed by atoms with Gasteiger partial charge in [-0.15, -0.1) is 0 Å². The van der Waals surface area contributed by atoms with Crippen LogP contribution in [0.1, 0.15) is 57.8 Å². The number of carbonyl (C=O) groups excluding carboxylic acids is 1. The molecule has 1 aliphatic rings. The van der Waals surface area contributed by atoms with Crippen LogP contribution in [-0.4, -0.2) is 11.5 Å². The van der Waals surface area contributed by atoms with Crippen molar-refractivity contribution in [1.82, 2.24) is 0 Å². The van der Waals surface area contributed by atoms with Crippen LogP contribution in [0.4, 0.5) is 0 Å². The Kier molecular flexibility index (Phi) is 5.83. The van der Waals surface area contributed by atoms with E-state index in [9.17, 15) is 9.59 Å². The van der Waals surface area contributed by atoms with Crippen LogP contribution in [0.25, 0.3) is 15.8 Å². The summed E-state index contributed by atoms with van der Waals surface area (Å²) in [6.07, 6.45) is 1.22. The van der Waals surface area contributed by atoms with Gasteiger partial charge in [0.15, 0.2) is 11.1 Å². The lowest BCUT2D eigenvalue weighted by Gasteiger charge is -2.30. The molecule has 0 spiro atoms. The molecular weight excluding hydrogens is 364 g/mol. The van der Waals surface area contributed by atoms with E-state index < -0.39 is 11.8 Å². The van der Waals surface area contributed by atoms with Crippen molar-refractivity contribution in [2.45, 2.75) is 53.4 Å². The third-order valence-electron chi connectivity index (χ3n) is 5.47. The first-order valence-corrected chi connectivity index (χ1v) is 9.94. The molecule has 2 atom stereocenters. The summed E-state index contributed by atoms with van der Waals surface area (Å²) in [5.41, 5.74) is 2.79. The first-order valence-electron chi connectivity index (χ1n) is 9.94. The van der Waals surface area contributed by atoms with Gasteiger partial charge in [-0.05, 0) is 44.7 Å². The topological polar surface area (TPSA) is 64.0 Å². The maximum Gasteiger partial charge on any atom is 0.194 e. The molecule has 1 aromatic heterocycles. The minimum Gasteiger partial charge on any atom is -0.461 e. The number of rotatable bonds is 5. The van der Waals surface area contributed by atoms with Crippen LogP contribution in [-0.2, 0) is 4.79 Å². The van der Waals surface area contributed by atoms with E-state index in [0.29, 0.717) is 51.7 Å². The molecule has 0 N–H and O–H groups in total. The quantitative estimate of drug-likeness (QED) is 0.639. The molecule has 0 aliphatic carbocycles. The molecule has 0 bridgehead atoms. The predicted molar refractivity (Wildman–Crippen MR) is 115 cm³/mol. The number of benzene rings is 1. The molecule has 0 amide bonds. The molecule has 0 radical (unpaired) electrons. The number of aryl methyl sites for hydroxylation is 1. The summed E-state index contributed by atoms with van der Waals surface area (Å²) in [5.74, 6) is -0.0418. The highest BCUT2D eigenvalue weighted by molar-refractivity contribution is 6.07. The van der Waals surface area contributed by atoms with Gasteiger partial charge >= 0.3 is 0 Å². The average molecular weight is 390 g/mol. The van der Waals surface area contributed by atoms with E-state index in [0.717, 1.165) is 6.42 Å². The van der Waals surface area contributed by atoms with Gasteiger partial charge in [0.05, 0.1) is 17.9 Å². The van der Waals surface area contributed by atoms with Crippen LogP contribution in [0.2, 0.25) is 0 Å². The Hall–Kier alpha value is -3.00. The number of carbonyl (C=O) groups is 1. The molecule has 2 heterocycles. The number of hydrogen-bond acceptors (Lipinski definition) is 4. The summed E-state index contributed by atoms with van der Waals surface area (Å²) in [6, 6.07) is 6.83. The normalized spacial score (nSPS) is 19.4. The molecule has 0 fully saturated rings. The molecule has 5 nitrogen and oxygen atoms in total. The second kappa shape index (κ2) is 8.16. The van der Waals surface area contributed by atoms with Gasteiger partial charge in [0.25, 0.3) is 0 Å². The second-order valence-electron chi connectivity index (χ2n) is 8.14. The van der Waals surface area contributed by atoms with Gasteiger partial charge in [0.2, 0.25) is 0 Å². The molecule has 2 unspecified atom stereocenters. The van der Waals surface area contributed by atoms with Crippen molar-refractivity contribution < 1.29 is 9.21 Å². The van der Waals surface area contributed by atoms with E-state index in [-0.39, 0.29) is 11.2 Å². The molecule has 0 saturated carbocycles. The van der Waals surface area contributed by atoms with Gasteiger partial charge in [-0.25, -0.2) is 4.85 Å². The summed E-state index contributed by atoms with van der Waals surface area (Å²) in [4.78, 5) is 34.0. The molecule has 150 valence electrons. The fourth-order valence-corrected chi connectivity index (χ4v) is 4.06. The van der Waals surface area contributed by atoms with Gasteiger partial charge in [0.1, 0.15) is 17.1 Å². The van der Waals surface area contributed by atoms with Crippen LogP contribution < -0.4 is 5.43 Å². The Morgan fingerprint density at radius 2 is 2.00 bits per heavy atom. The smallest absolute Gasteiger partial charge is 0.194 e. The highest BCUT2D eigenvalue weighted by atomic mass is 16.3. The van der Waals surface area contributed by atoms with Crippen molar-refractivity contribution in [3.63, 3.8) is 0 Å². The number of fused-ring (bicyclic) bond motifs is 1. The predicted octanol–water partition coefficient (Wildman–Crippen LogP) is 5.43. The zero-order valence-corrected chi connectivity index (χ0v) is 17.6. The molecule has 1 aromatic carbocycles. The van der Waals surface area contributed by atoms with Crippen molar-refractivity contribution in [1.29, 1.82) is 0 Å². The zero-order valence-electron chi connectivity index (χ0n) is 17.6. The van der Waals surface area contributed by atoms with E-state index in [1.54, 1.807) is 26.0 Å². The van der Waals surface area contributed by atoms with Crippen LogP contribution in [0, 0.1) is 25.3 Å². The number of hydrogen-bond donors (Lipinski definition) is 0. The van der Waals surface area contributed by atoms with Gasteiger partial charge in [-0.2, -0.15) is 0 Å². The molecular formula is C24H26N2O3. The Labute approximate surface area is 171 Å². The lowest BCUT2D eigenvalue weighted by atomic mass is 9.75. The molecule has 29 heavy (non-hydrogen) atoms. The highest BCUT2D eigenvalue weighted by Gasteiger charge is 2.39. The largest absolute Gasteiger partial charge is 0.461 e. The third-order valence-corrected chi connectivity index (χ3v) is 5.47. The molecule has 5 heteroatoms. The van der Waals surface area contributed by atoms with Crippen LogP contribution in [0.5, 0.6) is 0 Å². The highest BCUT2D eigenvalue weighted by Crippen LogP contribution is 2.42. The van der Waals surface area contributed by atoms with Gasteiger partial charge in [0, 0.05) is 29.8 Å². The van der Waals surface area contributed by atoms with Crippen molar-refractivity contribution >= 4 is 22.5 Å². The zero-order chi connectivity index (χ0) is 21.3. The lowest BCUT2D eigenvalue weighted by molar-refractivity contribution is -0.121. The first-order chi connectivity index (χ1) is 13.7. The van der Waals surface area contributed by atoms with E-state index >= 15 is 0 Å². The van der Waals surface area contributed by atoms with Crippen LogP contribution in [0.3, 0.4) is 0 Å². The van der Waals surface area contributed by atoms with Crippen molar-refractivity contribution in [2.75, 3.05) is 0 Å². The fourth-order valence-electron chi connectivity index (χ4n) is 4.06.